The number of anilines is 2. The molecule has 1 heterocycles. The van der Waals surface area contributed by atoms with Gasteiger partial charge >= 0.3 is 0 Å². The summed E-state index contributed by atoms with van der Waals surface area (Å²) in [5.74, 6) is -1.31. The van der Waals surface area contributed by atoms with Gasteiger partial charge in [-0.3, -0.25) is 9.59 Å². The lowest BCUT2D eigenvalue weighted by molar-refractivity contribution is -0.119. The van der Waals surface area contributed by atoms with Crippen LogP contribution in [0.3, 0.4) is 0 Å². The second-order valence-electron chi connectivity index (χ2n) is 5.17. The van der Waals surface area contributed by atoms with Crippen molar-refractivity contribution >= 4 is 35.6 Å². The highest BCUT2D eigenvalue weighted by Gasteiger charge is 2.15. The van der Waals surface area contributed by atoms with E-state index in [0.717, 1.165) is 0 Å². The van der Waals surface area contributed by atoms with E-state index in [0.29, 0.717) is 17.0 Å². The fourth-order valence-electron chi connectivity index (χ4n) is 1.88. The first-order valence-corrected chi connectivity index (χ1v) is 7.08. The van der Waals surface area contributed by atoms with Crippen molar-refractivity contribution in [3.8, 4) is 0 Å². The number of aryl methyl sites for hydroxylation is 1. The fraction of sp³-hybridized carbons (Fsp3) is 0.250. The Labute approximate surface area is 145 Å². The Morgan fingerprint density at radius 3 is 2.58 bits per heavy atom. The largest absolute Gasteiger partial charge is 0.469 e. The third-order valence-electron chi connectivity index (χ3n) is 3.39. The summed E-state index contributed by atoms with van der Waals surface area (Å²) in [6.45, 7) is 3.52. The summed E-state index contributed by atoms with van der Waals surface area (Å²) in [6.07, 6.45) is 1.38. The zero-order valence-electron chi connectivity index (χ0n) is 13.3. The van der Waals surface area contributed by atoms with Crippen molar-refractivity contribution < 1.29 is 18.4 Å². The molecule has 130 valence electrons. The Hall–Kier alpha value is -2.38. The second-order valence-corrected chi connectivity index (χ2v) is 5.17. The molecule has 1 aromatic heterocycles. The van der Waals surface area contributed by atoms with Crippen molar-refractivity contribution in [3.63, 3.8) is 0 Å². The standard InChI is InChI=1S/C16H18FN3O3.ClH/c1-9(8-18)15(21)19-11-3-4-13(17)14(7-11)20-16(22)12-5-6-23-10(12)2;/h3-7,9H,8,18H2,1-2H3,(H,19,21)(H,20,22);1H. The zero-order chi connectivity index (χ0) is 17.0. The Morgan fingerprint density at radius 2 is 2.00 bits per heavy atom. The zero-order valence-corrected chi connectivity index (χ0v) is 14.1. The summed E-state index contributed by atoms with van der Waals surface area (Å²) >= 11 is 0. The van der Waals surface area contributed by atoms with E-state index >= 15 is 0 Å². The maximum Gasteiger partial charge on any atom is 0.259 e. The molecule has 1 atom stereocenters. The van der Waals surface area contributed by atoms with Crippen LogP contribution in [0.4, 0.5) is 15.8 Å². The summed E-state index contributed by atoms with van der Waals surface area (Å²) in [4.78, 5) is 23.9. The first kappa shape index (κ1) is 19.7. The molecule has 0 aliphatic carbocycles. The maximum atomic E-state index is 13.9. The first-order valence-electron chi connectivity index (χ1n) is 7.08. The Morgan fingerprint density at radius 1 is 1.29 bits per heavy atom. The number of amides is 2. The molecule has 0 saturated heterocycles. The predicted octanol–water partition coefficient (Wildman–Crippen LogP) is 2.93. The van der Waals surface area contributed by atoms with E-state index in [1.807, 2.05) is 0 Å². The number of nitrogens with one attached hydrogen (secondary N) is 2. The minimum atomic E-state index is -0.607. The van der Waals surface area contributed by atoms with Crippen LogP contribution in [0.1, 0.15) is 23.0 Å². The number of hydrogen-bond donors (Lipinski definition) is 3. The van der Waals surface area contributed by atoms with Gasteiger partial charge in [-0.1, -0.05) is 6.92 Å². The SMILES string of the molecule is Cc1occc1C(=O)Nc1cc(NC(=O)C(C)CN)ccc1F.Cl. The Kier molecular flexibility index (Phi) is 6.94. The molecule has 0 bridgehead atoms. The van der Waals surface area contributed by atoms with E-state index in [1.54, 1.807) is 13.8 Å². The molecule has 2 aromatic rings. The number of carbonyl (C=O) groups is 2. The summed E-state index contributed by atoms with van der Waals surface area (Å²) in [5.41, 5.74) is 6.08. The first-order chi connectivity index (χ1) is 10.9. The highest BCUT2D eigenvalue weighted by atomic mass is 35.5. The van der Waals surface area contributed by atoms with Crippen LogP contribution in [0.2, 0.25) is 0 Å². The van der Waals surface area contributed by atoms with Crippen molar-refractivity contribution in [1.29, 1.82) is 0 Å². The molecule has 0 spiro atoms. The van der Waals surface area contributed by atoms with Gasteiger partial charge in [0, 0.05) is 18.2 Å². The van der Waals surface area contributed by atoms with Gasteiger partial charge in [0.25, 0.3) is 5.91 Å². The van der Waals surface area contributed by atoms with Crippen molar-refractivity contribution in [1.82, 2.24) is 0 Å². The number of nitrogens with two attached hydrogens (primary N) is 1. The molecule has 1 unspecified atom stereocenters. The van der Waals surface area contributed by atoms with Crippen LogP contribution >= 0.6 is 12.4 Å². The van der Waals surface area contributed by atoms with Crippen LogP contribution in [0, 0.1) is 18.7 Å². The summed E-state index contributed by atoms with van der Waals surface area (Å²) in [6, 6.07) is 5.43. The molecule has 24 heavy (non-hydrogen) atoms. The van der Waals surface area contributed by atoms with E-state index in [9.17, 15) is 14.0 Å². The average molecular weight is 356 g/mol. The van der Waals surface area contributed by atoms with Gasteiger partial charge in [-0.05, 0) is 31.2 Å². The van der Waals surface area contributed by atoms with Gasteiger partial charge in [0.05, 0.1) is 17.5 Å². The number of hydrogen-bond acceptors (Lipinski definition) is 4. The van der Waals surface area contributed by atoms with E-state index in [-0.39, 0.29) is 36.5 Å². The smallest absolute Gasteiger partial charge is 0.259 e. The highest BCUT2D eigenvalue weighted by Crippen LogP contribution is 2.21. The molecule has 2 rings (SSSR count). The monoisotopic (exact) mass is 355 g/mol. The van der Waals surface area contributed by atoms with Crippen molar-refractivity contribution in [2.24, 2.45) is 11.7 Å². The lowest BCUT2D eigenvalue weighted by Crippen LogP contribution is -2.26. The van der Waals surface area contributed by atoms with Gasteiger partial charge in [0.15, 0.2) is 0 Å². The third-order valence-corrected chi connectivity index (χ3v) is 3.39. The molecule has 4 N–H and O–H groups in total. The van der Waals surface area contributed by atoms with E-state index in [2.05, 4.69) is 10.6 Å². The predicted molar refractivity (Wildman–Crippen MR) is 91.9 cm³/mol. The van der Waals surface area contributed by atoms with Crippen LogP contribution in [-0.4, -0.2) is 18.4 Å². The lowest BCUT2D eigenvalue weighted by atomic mass is 10.1. The number of halogens is 2. The highest BCUT2D eigenvalue weighted by molar-refractivity contribution is 6.05. The molecule has 0 saturated carbocycles. The number of carbonyl (C=O) groups excluding carboxylic acids is 2. The molecule has 0 aliphatic heterocycles. The molecule has 0 radical (unpaired) electrons. The normalized spacial score (nSPS) is 11.3. The molecular formula is C16H19ClFN3O3. The molecule has 2 amide bonds. The summed E-state index contributed by atoms with van der Waals surface area (Å²) in [7, 11) is 0. The Bertz CT molecular complexity index is 733. The lowest BCUT2D eigenvalue weighted by Gasteiger charge is -2.12. The second kappa shape index (κ2) is 8.47. The van der Waals surface area contributed by atoms with Crippen LogP contribution < -0.4 is 16.4 Å². The van der Waals surface area contributed by atoms with Gasteiger partial charge in [-0.2, -0.15) is 0 Å². The molecule has 6 nitrogen and oxygen atoms in total. The van der Waals surface area contributed by atoms with Crippen LogP contribution in [-0.2, 0) is 4.79 Å². The maximum absolute atomic E-state index is 13.9. The van der Waals surface area contributed by atoms with Crippen LogP contribution in [0.25, 0.3) is 0 Å². The molecular weight excluding hydrogens is 337 g/mol. The minimum absolute atomic E-state index is 0. The van der Waals surface area contributed by atoms with Gasteiger partial charge < -0.3 is 20.8 Å². The molecule has 8 heteroatoms. The van der Waals surface area contributed by atoms with Crippen LogP contribution in [0.15, 0.2) is 34.9 Å². The minimum Gasteiger partial charge on any atom is -0.469 e. The third kappa shape index (κ3) is 4.56. The van der Waals surface area contributed by atoms with Crippen molar-refractivity contribution in [2.45, 2.75) is 13.8 Å². The van der Waals surface area contributed by atoms with Crippen LogP contribution in [0.5, 0.6) is 0 Å². The average Bonchev–Trinajstić information content (AvgIpc) is 2.95. The fourth-order valence-corrected chi connectivity index (χ4v) is 1.88. The number of benzene rings is 1. The van der Waals surface area contributed by atoms with Crippen molar-refractivity contribution in [3.05, 3.63) is 47.7 Å². The molecule has 0 fully saturated rings. The topological polar surface area (TPSA) is 97.4 Å². The molecule has 1 aromatic carbocycles. The Balaban J connectivity index is 0.00000288. The number of furan rings is 1. The number of rotatable bonds is 5. The summed E-state index contributed by atoms with van der Waals surface area (Å²) < 4.78 is 18.9. The van der Waals surface area contributed by atoms with Gasteiger partial charge in [0.2, 0.25) is 5.91 Å². The summed E-state index contributed by atoms with van der Waals surface area (Å²) in [5, 5.41) is 5.08. The quantitative estimate of drug-likeness (QED) is 0.768. The van der Waals surface area contributed by atoms with E-state index < -0.39 is 11.7 Å². The van der Waals surface area contributed by atoms with Gasteiger partial charge in [-0.25, -0.2) is 4.39 Å². The van der Waals surface area contributed by atoms with E-state index in [4.69, 9.17) is 10.2 Å². The van der Waals surface area contributed by atoms with E-state index in [1.165, 1.54) is 30.5 Å². The van der Waals surface area contributed by atoms with Gasteiger partial charge in [0.1, 0.15) is 11.6 Å². The van der Waals surface area contributed by atoms with Gasteiger partial charge in [-0.15, -0.1) is 12.4 Å². The molecule has 0 aliphatic rings. The van der Waals surface area contributed by atoms with Crippen molar-refractivity contribution in [2.75, 3.05) is 17.2 Å².